The lowest BCUT2D eigenvalue weighted by atomic mass is 10.2. The Morgan fingerprint density at radius 2 is 1.64 bits per heavy atom. The molecule has 5 rings (SSSR count). The van der Waals surface area contributed by atoms with E-state index in [0.29, 0.717) is 63.0 Å². The smallest absolute Gasteiger partial charge is 0.243 e. The normalized spacial score (nSPS) is 21.1. The first-order chi connectivity index (χ1) is 16.0. The first-order valence-electron chi connectivity index (χ1n) is 11.2. The summed E-state index contributed by atoms with van der Waals surface area (Å²) in [6.45, 7) is 4.17. The van der Waals surface area contributed by atoms with Crippen LogP contribution in [0, 0.1) is 0 Å². The molecule has 1 N–H and O–H groups in total. The van der Waals surface area contributed by atoms with E-state index >= 15 is 0 Å². The molecule has 0 bridgehead atoms. The Balaban J connectivity index is 1.29. The number of hydrogen-bond donors (Lipinski definition) is 1. The summed E-state index contributed by atoms with van der Waals surface area (Å²) in [7, 11) is -3.86. The Morgan fingerprint density at radius 3 is 2.39 bits per heavy atom. The number of nitrogens with zero attached hydrogens (tertiary/aromatic N) is 2. The maximum absolute atomic E-state index is 13.3. The zero-order chi connectivity index (χ0) is 22.8. The highest BCUT2D eigenvalue weighted by atomic mass is 32.2. The average molecular weight is 474 g/mol. The van der Waals surface area contributed by atoms with Gasteiger partial charge in [-0.15, -0.1) is 0 Å². The van der Waals surface area contributed by atoms with Crippen LogP contribution in [0.2, 0.25) is 0 Å². The van der Waals surface area contributed by atoms with Gasteiger partial charge in [0.25, 0.3) is 0 Å². The number of amides is 1. The van der Waals surface area contributed by atoms with E-state index in [1.54, 1.807) is 6.07 Å². The van der Waals surface area contributed by atoms with E-state index in [1.165, 1.54) is 16.4 Å². The van der Waals surface area contributed by atoms with Crippen LogP contribution in [0.25, 0.3) is 0 Å². The van der Waals surface area contributed by atoms with E-state index < -0.39 is 16.1 Å². The number of rotatable bonds is 5. The van der Waals surface area contributed by atoms with Crippen molar-refractivity contribution in [2.45, 2.75) is 23.8 Å². The second-order valence-corrected chi connectivity index (χ2v) is 10.1. The van der Waals surface area contributed by atoms with Crippen molar-refractivity contribution < 1.29 is 27.4 Å². The molecule has 1 unspecified atom stereocenters. The second-order valence-electron chi connectivity index (χ2n) is 8.21. The fourth-order valence-electron chi connectivity index (χ4n) is 4.41. The van der Waals surface area contributed by atoms with Crippen LogP contribution in [0.15, 0.2) is 47.4 Å². The molecular weight excluding hydrogens is 446 g/mol. The van der Waals surface area contributed by atoms with Crippen LogP contribution < -0.4 is 19.7 Å². The summed E-state index contributed by atoms with van der Waals surface area (Å²) in [5.41, 5.74) is 1.71. The van der Waals surface area contributed by atoms with Gasteiger partial charge in [0.2, 0.25) is 15.9 Å². The van der Waals surface area contributed by atoms with Crippen LogP contribution in [-0.2, 0) is 19.6 Å². The Bertz CT molecular complexity index is 1120. The summed E-state index contributed by atoms with van der Waals surface area (Å²) in [5, 5.41) is 2.88. The monoisotopic (exact) mass is 473 g/mol. The fourth-order valence-corrected chi connectivity index (χ4v) is 6.08. The molecule has 9 nitrogen and oxygen atoms in total. The molecule has 0 aromatic heterocycles. The lowest BCUT2D eigenvalue weighted by molar-refractivity contribution is -0.119. The topological polar surface area (TPSA) is 97.4 Å². The van der Waals surface area contributed by atoms with Gasteiger partial charge >= 0.3 is 0 Å². The van der Waals surface area contributed by atoms with Crippen molar-refractivity contribution in [3.05, 3.63) is 42.5 Å². The lowest BCUT2D eigenvalue weighted by Gasteiger charge is -2.29. The van der Waals surface area contributed by atoms with Crippen molar-refractivity contribution in [1.29, 1.82) is 0 Å². The molecular formula is C23H27N3O6S. The molecule has 1 amide bonds. The molecule has 2 saturated heterocycles. The van der Waals surface area contributed by atoms with Crippen LogP contribution in [0.5, 0.6) is 11.5 Å². The SMILES string of the molecule is O=C(Nc1ccc(N2CCOCC2)cc1)C1CCCN1S(=O)(=O)c1ccc2c(c1)OCCO2. The largest absolute Gasteiger partial charge is 0.486 e. The minimum atomic E-state index is -3.86. The van der Waals surface area contributed by atoms with E-state index in [2.05, 4.69) is 10.2 Å². The Labute approximate surface area is 193 Å². The number of fused-ring (bicyclic) bond motifs is 1. The van der Waals surface area contributed by atoms with Gasteiger partial charge in [-0.05, 0) is 49.2 Å². The average Bonchev–Trinajstić information content (AvgIpc) is 3.36. The van der Waals surface area contributed by atoms with Gasteiger partial charge < -0.3 is 24.4 Å². The third-order valence-corrected chi connectivity index (χ3v) is 8.04. The third-order valence-electron chi connectivity index (χ3n) is 6.14. The molecule has 0 spiro atoms. The molecule has 2 fully saturated rings. The molecule has 2 aromatic carbocycles. The van der Waals surface area contributed by atoms with Crippen LogP contribution in [0.1, 0.15) is 12.8 Å². The Hall–Kier alpha value is -2.82. The maximum atomic E-state index is 13.3. The number of carbonyl (C=O) groups is 1. The van der Waals surface area contributed by atoms with Gasteiger partial charge in [0.1, 0.15) is 19.3 Å². The van der Waals surface area contributed by atoms with E-state index in [-0.39, 0.29) is 10.8 Å². The van der Waals surface area contributed by atoms with E-state index in [9.17, 15) is 13.2 Å². The van der Waals surface area contributed by atoms with Crippen molar-refractivity contribution >= 4 is 27.3 Å². The number of nitrogens with one attached hydrogen (secondary N) is 1. The predicted octanol–water partition coefficient (Wildman–Crippen LogP) is 2.09. The molecule has 0 saturated carbocycles. The molecule has 3 aliphatic heterocycles. The predicted molar refractivity (Wildman–Crippen MR) is 122 cm³/mol. The molecule has 0 radical (unpaired) electrons. The lowest BCUT2D eigenvalue weighted by Crippen LogP contribution is -2.43. The molecule has 3 aliphatic rings. The first kappa shape index (κ1) is 22.0. The molecule has 2 aromatic rings. The van der Waals surface area contributed by atoms with E-state index in [4.69, 9.17) is 14.2 Å². The summed E-state index contributed by atoms with van der Waals surface area (Å²) in [5.74, 6) is 0.604. The Morgan fingerprint density at radius 1 is 0.909 bits per heavy atom. The standard InChI is InChI=1S/C23H27N3O6S/c27-23(24-17-3-5-18(6-4-17)25-10-12-30-13-11-25)20-2-1-9-26(20)33(28,29)19-7-8-21-22(16-19)32-15-14-31-21/h3-8,16,20H,1-2,9-15H2,(H,24,27). The summed E-state index contributed by atoms with van der Waals surface area (Å²) < 4.78 is 44.4. The second kappa shape index (κ2) is 9.20. The van der Waals surface area contributed by atoms with Crippen molar-refractivity contribution in [3.8, 4) is 11.5 Å². The van der Waals surface area contributed by atoms with Gasteiger partial charge in [0.15, 0.2) is 11.5 Å². The molecule has 3 heterocycles. The minimum Gasteiger partial charge on any atom is -0.486 e. The van der Waals surface area contributed by atoms with Crippen molar-refractivity contribution in [2.75, 3.05) is 56.3 Å². The van der Waals surface area contributed by atoms with Crippen LogP contribution in [0.3, 0.4) is 0 Å². The van der Waals surface area contributed by atoms with Gasteiger partial charge in [-0.3, -0.25) is 4.79 Å². The fraction of sp³-hybridized carbons (Fsp3) is 0.435. The molecule has 33 heavy (non-hydrogen) atoms. The Kier molecular flexibility index (Phi) is 6.13. The van der Waals surface area contributed by atoms with Gasteiger partial charge in [-0.25, -0.2) is 8.42 Å². The summed E-state index contributed by atoms with van der Waals surface area (Å²) >= 11 is 0. The molecule has 176 valence electrons. The molecule has 1 atom stereocenters. The zero-order valence-corrected chi connectivity index (χ0v) is 19.1. The maximum Gasteiger partial charge on any atom is 0.243 e. The first-order valence-corrected chi connectivity index (χ1v) is 12.6. The third kappa shape index (κ3) is 4.50. The molecule has 10 heteroatoms. The molecule has 0 aliphatic carbocycles. The van der Waals surface area contributed by atoms with Gasteiger partial charge in [-0.1, -0.05) is 0 Å². The highest BCUT2D eigenvalue weighted by Crippen LogP contribution is 2.35. The summed E-state index contributed by atoms with van der Waals surface area (Å²) in [4.78, 5) is 15.4. The van der Waals surface area contributed by atoms with Crippen molar-refractivity contribution in [1.82, 2.24) is 4.31 Å². The number of anilines is 2. The number of morpholine rings is 1. The minimum absolute atomic E-state index is 0.0984. The van der Waals surface area contributed by atoms with Crippen LogP contribution in [0.4, 0.5) is 11.4 Å². The number of carbonyl (C=O) groups excluding carboxylic acids is 1. The van der Waals surface area contributed by atoms with Gasteiger partial charge in [0.05, 0.1) is 18.1 Å². The number of benzene rings is 2. The quantitative estimate of drug-likeness (QED) is 0.710. The summed E-state index contributed by atoms with van der Waals surface area (Å²) in [6.07, 6.45) is 1.10. The highest BCUT2D eigenvalue weighted by Gasteiger charge is 2.40. The van der Waals surface area contributed by atoms with Gasteiger partial charge in [0, 0.05) is 37.1 Å². The number of sulfonamides is 1. The number of hydrogen-bond acceptors (Lipinski definition) is 7. The zero-order valence-electron chi connectivity index (χ0n) is 18.2. The van der Waals surface area contributed by atoms with Crippen LogP contribution in [-0.4, -0.2) is 70.7 Å². The van der Waals surface area contributed by atoms with Crippen molar-refractivity contribution in [2.24, 2.45) is 0 Å². The highest BCUT2D eigenvalue weighted by molar-refractivity contribution is 7.89. The number of ether oxygens (including phenoxy) is 3. The van der Waals surface area contributed by atoms with E-state index in [0.717, 1.165) is 18.8 Å². The van der Waals surface area contributed by atoms with Crippen molar-refractivity contribution in [3.63, 3.8) is 0 Å². The van der Waals surface area contributed by atoms with Crippen LogP contribution >= 0.6 is 0 Å². The van der Waals surface area contributed by atoms with Gasteiger partial charge in [-0.2, -0.15) is 4.31 Å². The summed E-state index contributed by atoms with van der Waals surface area (Å²) in [6, 6.07) is 11.4. The van der Waals surface area contributed by atoms with E-state index in [1.807, 2.05) is 24.3 Å².